The first kappa shape index (κ1) is 103. The monoisotopic (exact) mass is 1540 g/mol. The van der Waals surface area contributed by atoms with Crippen LogP contribution in [0.2, 0.25) is 0 Å². The van der Waals surface area contributed by atoms with E-state index >= 15 is 0 Å². The average Bonchev–Trinajstić information content (AvgIpc) is 0.943. The van der Waals surface area contributed by atoms with Gasteiger partial charge in [-0.15, -0.1) is 0 Å². The summed E-state index contributed by atoms with van der Waals surface area (Å²) in [4.78, 5) is 73.3. The van der Waals surface area contributed by atoms with Gasteiger partial charge in [0.05, 0.1) is 26.4 Å². The second-order valence-corrected chi connectivity index (χ2v) is 34.8. The number of carbonyl (C=O) groups is 4. The van der Waals surface area contributed by atoms with Gasteiger partial charge in [0.1, 0.15) is 19.3 Å². The number of phosphoric acid groups is 2. The molecule has 0 heterocycles. The number of carbonyl (C=O) groups excluding carboxylic acids is 4. The molecule has 0 rings (SSSR count). The molecule has 3 N–H and O–H groups in total. The predicted octanol–water partition coefficient (Wildman–Crippen LogP) is 26.2. The van der Waals surface area contributed by atoms with Crippen LogP contribution in [0.1, 0.15) is 459 Å². The summed E-state index contributed by atoms with van der Waals surface area (Å²) in [6, 6.07) is 0. The van der Waals surface area contributed by atoms with E-state index in [-0.39, 0.29) is 25.7 Å². The molecular weight excluding hydrogens is 1370 g/mol. The van der Waals surface area contributed by atoms with E-state index < -0.39 is 97.5 Å². The molecule has 0 fully saturated rings. The van der Waals surface area contributed by atoms with Gasteiger partial charge in [0.15, 0.2) is 12.2 Å². The first-order chi connectivity index (χ1) is 50.9. The van der Waals surface area contributed by atoms with Crippen LogP contribution in [0.3, 0.4) is 0 Å². The summed E-state index contributed by atoms with van der Waals surface area (Å²) in [5, 5.41) is 10.7. The Kier molecular flexibility index (Phi) is 76.0. The van der Waals surface area contributed by atoms with Crippen molar-refractivity contribution in [2.75, 3.05) is 39.6 Å². The van der Waals surface area contributed by atoms with E-state index in [1.807, 2.05) is 0 Å². The Morgan fingerprint density at radius 3 is 0.648 bits per heavy atom. The van der Waals surface area contributed by atoms with Crippen molar-refractivity contribution in [2.45, 2.75) is 477 Å². The van der Waals surface area contributed by atoms with Crippen LogP contribution in [0, 0.1) is 11.8 Å². The van der Waals surface area contributed by atoms with Crippen molar-refractivity contribution in [1.29, 1.82) is 0 Å². The molecule has 5 atom stereocenters. The molecule has 0 amide bonds. The fraction of sp³-hybridized carbons (Fsp3) is 0.953. The van der Waals surface area contributed by atoms with Crippen LogP contribution in [-0.4, -0.2) is 96.7 Å². The fourth-order valence-corrected chi connectivity index (χ4v) is 15.0. The number of phosphoric ester groups is 2. The molecule has 0 aliphatic heterocycles. The van der Waals surface area contributed by atoms with Crippen molar-refractivity contribution in [2.24, 2.45) is 11.8 Å². The maximum Gasteiger partial charge on any atom is 0.472 e. The number of aliphatic hydroxyl groups excluding tert-OH is 1. The minimum absolute atomic E-state index is 0.108. The second kappa shape index (κ2) is 77.4. The molecule has 0 aliphatic carbocycles. The third-order valence-electron chi connectivity index (χ3n) is 20.2. The second-order valence-electron chi connectivity index (χ2n) is 31.9. The smallest absolute Gasteiger partial charge is 0.462 e. The Hall–Kier alpha value is -1.94. The largest absolute Gasteiger partial charge is 0.472 e. The van der Waals surface area contributed by atoms with Crippen molar-refractivity contribution in [3.05, 3.63) is 0 Å². The van der Waals surface area contributed by atoms with E-state index in [0.29, 0.717) is 25.7 Å². The topological polar surface area (TPSA) is 237 Å². The van der Waals surface area contributed by atoms with Gasteiger partial charge < -0.3 is 33.8 Å². The van der Waals surface area contributed by atoms with Crippen LogP contribution < -0.4 is 0 Å². The van der Waals surface area contributed by atoms with Crippen molar-refractivity contribution in [3.8, 4) is 0 Å². The van der Waals surface area contributed by atoms with Crippen LogP contribution in [0.15, 0.2) is 0 Å². The quantitative estimate of drug-likeness (QED) is 0.0222. The fourth-order valence-electron chi connectivity index (χ4n) is 13.4. The van der Waals surface area contributed by atoms with E-state index in [1.54, 1.807) is 0 Å². The Morgan fingerprint density at radius 2 is 0.438 bits per heavy atom. The zero-order chi connectivity index (χ0) is 77.1. The molecule has 0 radical (unpaired) electrons. The number of hydrogen-bond donors (Lipinski definition) is 3. The summed E-state index contributed by atoms with van der Waals surface area (Å²) in [5.74, 6) is -0.490. The third-order valence-corrected chi connectivity index (χ3v) is 22.1. The predicted molar refractivity (Wildman–Crippen MR) is 432 cm³/mol. The highest BCUT2D eigenvalue weighted by molar-refractivity contribution is 7.47. The molecule has 0 aromatic carbocycles. The lowest BCUT2D eigenvalue weighted by Gasteiger charge is -2.21. The lowest BCUT2D eigenvalue weighted by molar-refractivity contribution is -0.161. The number of unbranched alkanes of at least 4 members (excludes halogenated alkanes) is 55. The summed E-state index contributed by atoms with van der Waals surface area (Å²) in [6.07, 6.45) is 69.3. The molecule has 624 valence electrons. The molecule has 0 spiro atoms. The number of aliphatic hydroxyl groups is 1. The van der Waals surface area contributed by atoms with Crippen molar-refractivity contribution < 1.29 is 80.2 Å². The first-order valence-corrected chi connectivity index (χ1v) is 47.5. The van der Waals surface area contributed by atoms with E-state index in [1.165, 1.54) is 276 Å². The minimum atomic E-state index is -4.97. The van der Waals surface area contributed by atoms with Crippen LogP contribution in [0.25, 0.3) is 0 Å². The van der Waals surface area contributed by atoms with Gasteiger partial charge in [0.2, 0.25) is 0 Å². The molecule has 19 heteroatoms. The molecule has 0 aliphatic rings. The summed E-state index contributed by atoms with van der Waals surface area (Å²) in [7, 11) is -9.93. The van der Waals surface area contributed by atoms with E-state index in [2.05, 4.69) is 41.5 Å². The van der Waals surface area contributed by atoms with Gasteiger partial charge in [0.25, 0.3) is 0 Å². The van der Waals surface area contributed by atoms with Gasteiger partial charge >= 0.3 is 39.5 Å². The van der Waals surface area contributed by atoms with E-state index in [0.717, 1.165) is 102 Å². The maximum atomic E-state index is 13.1. The summed E-state index contributed by atoms with van der Waals surface area (Å²) >= 11 is 0. The molecular formula is C86H168O17P2. The van der Waals surface area contributed by atoms with Gasteiger partial charge in [-0.3, -0.25) is 37.3 Å². The number of rotatable bonds is 85. The number of ether oxygens (including phenoxy) is 4. The van der Waals surface area contributed by atoms with Crippen LogP contribution in [-0.2, 0) is 65.4 Å². The molecule has 0 aromatic rings. The van der Waals surface area contributed by atoms with Crippen LogP contribution in [0.4, 0.5) is 0 Å². The minimum Gasteiger partial charge on any atom is -0.462 e. The normalized spacial score (nSPS) is 13.8. The highest BCUT2D eigenvalue weighted by Gasteiger charge is 2.30. The summed E-state index contributed by atoms with van der Waals surface area (Å²) < 4.78 is 68.9. The highest BCUT2D eigenvalue weighted by atomic mass is 31.2. The van der Waals surface area contributed by atoms with Crippen LogP contribution in [0.5, 0.6) is 0 Å². The summed E-state index contributed by atoms with van der Waals surface area (Å²) in [6.45, 7) is 9.73. The van der Waals surface area contributed by atoms with Crippen molar-refractivity contribution in [1.82, 2.24) is 0 Å². The standard InChI is InChI=1S/C86H168O17P2/c1-7-9-11-13-15-17-19-21-22-23-28-34-40-46-52-58-64-70-85(90)102-81(74-96-83(88)68-62-56-50-44-38-20-18-16-14-12-10-8-2)76-100-104(92,93)98-72-80(87)73-99-105(94,95)101-77-82(103-86(91)71-65-59-53-47-41-35-30-25-27-32-37-43-49-55-61-67-79(5)6)75-97-84(89)69-63-57-51-45-39-33-29-24-26-31-36-42-48-54-60-66-78(3)4/h78-82,87H,7-77H2,1-6H3,(H,92,93)(H,94,95)/t80-,81+,82+/m0/s1. The molecule has 2 unspecified atom stereocenters. The number of esters is 4. The van der Waals surface area contributed by atoms with Gasteiger partial charge in [-0.2, -0.15) is 0 Å². The molecule has 0 aromatic heterocycles. The third kappa shape index (κ3) is 79.9. The Labute approximate surface area is 645 Å². The SMILES string of the molecule is CCCCCCCCCCCCCCCCCCCC(=O)O[C@H](COC(=O)CCCCCCCCCCCCCC)COP(=O)(O)OC[C@H](O)COP(=O)(O)OC[C@@H](COC(=O)CCCCCCCCCCCCCCCCCC(C)C)OC(=O)CCCCCCCCCCCCCCCCCC(C)C. The van der Waals surface area contributed by atoms with Crippen molar-refractivity contribution in [3.63, 3.8) is 0 Å². The first-order valence-electron chi connectivity index (χ1n) is 44.5. The zero-order valence-corrected chi connectivity index (χ0v) is 70.8. The van der Waals surface area contributed by atoms with Gasteiger partial charge in [-0.05, 0) is 37.5 Å². The molecule has 105 heavy (non-hydrogen) atoms. The Morgan fingerprint density at radius 1 is 0.257 bits per heavy atom. The molecule has 0 saturated carbocycles. The molecule has 17 nitrogen and oxygen atoms in total. The van der Waals surface area contributed by atoms with Gasteiger partial charge in [-0.1, -0.05) is 408 Å². The Balaban J connectivity index is 5.26. The number of hydrogen-bond acceptors (Lipinski definition) is 15. The molecule has 0 bridgehead atoms. The Bertz CT molecular complexity index is 2010. The van der Waals surface area contributed by atoms with Crippen LogP contribution >= 0.6 is 15.6 Å². The van der Waals surface area contributed by atoms with Gasteiger partial charge in [-0.25, -0.2) is 9.13 Å². The lowest BCUT2D eigenvalue weighted by atomic mass is 10.0. The van der Waals surface area contributed by atoms with Gasteiger partial charge in [0, 0.05) is 25.7 Å². The van der Waals surface area contributed by atoms with E-state index in [4.69, 9.17) is 37.0 Å². The molecule has 0 saturated heterocycles. The summed E-state index contributed by atoms with van der Waals surface area (Å²) in [5.41, 5.74) is 0. The maximum absolute atomic E-state index is 13.1. The lowest BCUT2D eigenvalue weighted by Crippen LogP contribution is -2.30. The average molecular weight is 1540 g/mol. The highest BCUT2D eigenvalue weighted by Crippen LogP contribution is 2.45. The van der Waals surface area contributed by atoms with E-state index in [9.17, 15) is 43.2 Å². The van der Waals surface area contributed by atoms with Crippen molar-refractivity contribution >= 4 is 39.5 Å². The zero-order valence-electron chi connectivity index (χ0n) is 69.0.